The van der Waals surface area contributed by atoms with Gasteiger partial charge >= 0.3 is 8.56 Å². The van der Waals surface area contributed by atoms with Crippen LogP contribution in [0, 0.1) is 6.92 Å². The minimum Gasteiger partial charge on any atom is -0.520 e. The lowest BCUT2D eigenvalue weighted by atomic mass is 10.0. The van der Waals surface area contributed by atoms with Gasteiger partial charge < -0.3 is 8.85 Å². The van der Waals surface area contributed by atoms with Crippen molar-refractivity contribution in [2.24, 2.45) is 0 Å². The van der Waals surface area contributed by atoms with Crippen LogP contribution < -0.4 is 4.43 Å². The Labute approximate surface area is 170 Å². The summed E-state index contributed by atoms with van der Waals surface area (Å²) in [6, 6.07) is 8.20. The smallest absolute Gasteiger partial charge is 0.392 e. The number of rotatable bonds is 17. The lowest BCUT2D eigenvalue weighted by Gasteiger charge is -2.24. The van der Waals surface area contributed by atoms with Crippen LogP contribution in [0.4, 0.5) is 0 Å². The fourth-order valence-corrected chi connectivity index (χ4v) is 4.86. The molecule has 0 aromatic heterocycles. The van der Waals surface area contributed by atoms with E-state index in [1.807, 2.05) is 18.2 Å². The molecule has 0 unspecified atom stereocenters. The summed E-state index contributed by atoms with van der Waals surface area (Å²) in [4.78, 5) is 0. The molecule has 0 bridgehead atoms. The molecule has 1 rings (SSSR count). The second-order valence-corrected chi connectivity index (χ2v) is 11.7. The van der Waals surface area contributed by atoms with Gasteiger partial charge in [0.1, 0.15) is 5.75 Å². The maximum Gasteiger partial charge on any atom is 0.392 e. The highest BCUT2D eigenvalue weighted by Gasteiger charge is 2.26. The monoisotopic (exact) mass is 392 g/mol. The van der Waals surface area contributed by atoms with Gasteiger partial charge in [-0.2, -0.15) is 0 Å². The number of hydrogen-bond acceptors (Lipinski definition) is 2. The van der Waals surface area contributed by atoms with Crippen LogP contribution in [0.5, 0.6) is 5.75 Å². The maximum absolute atomic E-state index is 6.16. The Hall–Kier alpha value is -0.803. The molecule has 2 nitrogen and oxygen atoms in total. The minimum absolute atomic E-state index is 0.836. The van der Waals surface area contributed by atoms with Crippen molar-refractivity contribution >= 4 is 8.56 Å². The first-order valence-electron chi connectivity index (χ1n) is 11.4. The first kappa shape index (κ1) is 24.2. The zero-order chi connectivity index (χ0) is 19.8. The van der Waals surface area contributed by atoms with Crippen molar-refractivity contribution in [3.63, 3.8) is 0 Å². The Bertz CT molecular complexity index is 473. The van der Waals surface area contributed by atoms with E-state index in [1.165, 1.54) is 82.6 Å². The van der Waals surface area contributed by atoms with Crippen LogP contribution in [0.3, 0.4) is 0 Å². The molecule has 0 atom stereocenters. The second kappa shape index (κ2) is 15.2. The summed E-state index contributed by atoms with van der Waals surface area (Å²) >= 11 is 0. The fourth-order valence-electron chi connectivity index (χ4n) is 3.40. The van der Waals surface area contributed by atoms with Crippen LogP contribution in [-0.2, 0) is 4.43 Å². The number of unbranched alkanes of at least 4 members (excludes halogenated alkanes) is 12. The van der Waals surface area contributed by atoms with Crippen molar-refractivity contribution in [1.29, 1.82) is 0 Å². The molecular formula is C24H44O2Si. The molecule has 0 aliphatic heterocycles. The molecule has 0 N–H and O–H groups in total. The van der Waals surface area contributed by atoms with Crippen LogP contribution in [0.1, 0.15) is 96.0 Å². The molecule has 0 radical (unpaired) electrons. The Morgan fingerprint density at radius 2 is 1.19 bits per heavy atom. The molecule has 1 aromatic carbocycles. The summed E-state index contributed by atoms with van der Waals surface area (Å²) in [5.74, 6) is 0.972. The van der Waals surface area contributed by atoms with Crippen molar-refractivity contribution < 1.29 is 8.85 Å². The van der Waals surface area contributed by atoms with Gasteiger partial charge in [-0.3, -0.25) is 0 Å². The summed E-state index contributed by atoms with van der Waals surface area (Å²) in [6.45, 7) is 9.49. The molecule has 0 saturated heterocycles. The van der Waals surface area contributed by atoms with Crippen molar-refractivity contribution in [2.75, 3.05) is 6.61 Å². The van der Waals surface area contributed by atoms with Crippen LogP contribution in [-0.4, -0.2) is 15.2 Å². The summed E-state index contributed by atoms with van der Waals surface area (Å²) in [5, 5.41) is 0. The Morgan fingerprint density at radius 1 is 0.704 bits per heavy atom. The average Bonchev–Trinajstić information content (AvgIpc) is 2.64. The largest absolute Gasteiger partial charge is 0.520 e. The van der Waals surface area contributed by atoms with Crippen LogP contribution in [0.25, 0.3) is 0 Å². The average molecular weight is 393 g/mol. The molecule has 0 aliphatic carbocycles. The third-order valence-electron chi connectivity index (χ3n) is 5.15. The lowest BCUT2D eigenvalue weighted by Crippen LogP contribution is -2.38. The summed E-state index contributed by atoms with van der Waals surface area (Å²) in [7, 11) is -2.08. The summed E-state index contributed by atoms with van der Waals surface area (Å²) in [5.41, 5.74) is 1.18. The Balaban J connectivity index is 1.93. The van der Waals surface area contributed by atoms with Gasteiger partial charge in [-0.1, -0.05) is 102 Å². The fraction of sp³-hybridized carbons (Fsp3) is 0.750. The highest BCUT2D eigenvalue weighted by molar-refractivity contribution is 6.65. The van der Waals surface area contributed by atoms with Gasteiger partial charge in [-0.15, -0.1) is 0 Å². The molecular weight excluding hydrogens is 348 g/mol. The highest BCUT2D eigenvalue weighted by atomic mass is 28.4. The lowest BCUT2D eigenvalue weighted by molar-refractivity contribution is 0.240. The van der Waals surface area contributed by atoms with E-state index in [4.69, 9.17) is 8.85 Å². The molecule has 0 fully saturated rings. The Morgan fingerprint density at radius 3 is 1.70 bits per heavy atom. The highest BCUT2D eigenvalue weighted by Crippen LogP contribution is 2.21. The second-order valence-electron chi connectivity index (χ2n) is 8.36. The Kier molecular flexibility index (Phi) is 13.6. The zero-order valence-electron chi connectivity index (χ0n) is 18.5. The van der Waals surface area contributed by atoms with Crippen molar-refractivity contribution in [2.45, 2.75) is 110 Å². The van der Waals surface area contributed by atoms with E-state index in [2.05, 4.69) is 33.0 Å². The zero-order valence-corrected chi connectivity index (χ0v) is 19.5. The van der Waals surface area contributed by atoms with Crippen molar-refractivity contribution in [3.05, 3.63) is 29.8 Å². The third kappa shape index (κ3) is 13.1. The maximum atomic E-state index is 6.16. The molecule has 27 heavy (non-hydrogen) atoms. The van der Waals surface area contributed by atoms with Gasteiger partial charge in [0.2, 0.25) is 0 Å². The SMILES string of the molecule is CCCCCCCCCCCCCCCO[Si](C)(C)Oc1ccccc1C. The van der Waals surface area contributed by atoms with Crippen molar-refractivity contribution in [3.8, 4) is 5.75 Å². The summed E-state index contributed by atoms with van der Waals surface area (Å²) in [6.07, 6.45) is 18.0. The van der Waals surface area contributed by atoms with Gasteiger partial charge in [0.15, 0.2) is 0 Å². The minimum atomic E-state index is -2.08. The molecule has 0 saturated carbocycles. The number of hydrogen-bond donors (Lipinski definition) is 0. The van der Waals surface area contributed by atoms with E-state index in [9.17, 15) is 0 Å². The molecule has 1 aromatic rings. The van der Waals surface area contributed by atoms with E-state index >= 15 is 0 Å². The predicted octanol–water partition coefficient (Wildman–Crippen LogP) is 8.18. The molecule has 0 amide bonds. The van der Waals surface area contributed by atoms with Gasteiger partial charge in [0, 0.05) is 6.61 Å². The molecule has 3 heteroatoms. The first-order valence-corrected chi connectivity index (χ1v) is 14.3. The van der Waals surface area contributed by atoms with Gasteiger partial charge in [-0.25, -0.2) is 0 Å². The molecule has 0 spiro atoms. The number of aryl methyl sites for hydroxylation is 1. The number of para-hydroxylation sites is 1. The van der Waals surface area contributed by atoms with Crippen LogP contribution in [0.15, 0.2) is 24.3 Å². The van der Waals surface area contributed by atoms with E-state index < -0.39 is 8.56 Å². The van der Waals surface area contributed by atoms with Gasteiger partial charge in [0.25, 0.3) is 0 Å². The molecule has 0 heterocycles. The van der Waals surface area contributed by atoms with E-state index in [1.54, 1.807) is 0 Å². The van der Waals surface area contributed by atoms with E-state index in [0.717, 1.165) is 18.8 Å². The molecule has 0 aliphatic rings. The normalized spacial score (nSPS) is 11.7. The van der Waals surface area contributed by atoms with Gasteiger partial charge in [0.05, 0.1) is 0 Å². The van der Waals surface area contributed by atoms with Crippen LogP contribution >= 0.6 is 0 Å². The van der Waals surface area contributed by atoms with Gasteiger partial charge in [-0.05, 0) is 38.1 Å². The first-order chi connectivity index (χ1) is 13.0. The van der Waals surface area contributed by atoms with E-state index in [0.29, 0.717) is 0 Å². The predicted molar refractivity (Wildman–Crippen MR) is 121 cm³/mol. The quantitative estimate of drug-likeness (QED) is 0.196. The topological polar surface area (TPSA) is 18.5 Å². The number of benzene rings is 1. The summed E-state index contributed by atoms with van der Waals surface area (Å²) < 4.78 is 12.3. The van der Waals surface area contributed by atoms with E-state index in [-0.39, 0.29) is 0 Å². The standard InChI is InChI=1S/C24H44O2Si/c1-5-6-7-8-9-10-11-12-13-14-15-16-19-22-25-27(3,4)26-24-21-18-17-20-23(24)2/h17-18,20-21H,5-16,19,22H2,1-4H3. The van der Waals surface area contributed by atoms with Crippen molar-refractivity contribution in [1.82, 2.24) is 0 Å². The third-order valence-corrected chi connectivity index (χ3v) is 6.76. The molecule has 156 valence electrons. The van der Waals surface area contributed by atoms with Crippen LogP contribution in [0.2, 0.25) is 13.1 Å².